The quantitative estimate of drug-likeness (QED) is 0.777. The zero-order chi connectivity index (χ0) is 12.1. The molecule has 1 aromatic carbocycles. The molecule has 0 aromatic heterocycles. The third-order valence-corrected chi connectivity index (χ3v) is 2.65. The van der Waals surface area contributed by atoms with Gasteiger partial charge in [-0.1, -0.05) is 18.2 Å². The number of carbonyl (C=O) groups excluding carboxylic acids is 1. The highest BCUT2D eigenvalue weighted by molar-refractivity contribution is 5.77. The van der Waals surface area contributed by atoms with Gasteiger partial charge in [0, 0.05) is 13.6 Å². The maximum absolute atomic E-state index is 11.4. The van der Waals surface area contributed by atoms with E-state index in [4.69, 9.17) is 5.26 Å². The van der Waals surface area contributed by atoms with Crippen LogP contribution in [-0.4, -0.2) is 17.9 Å². The van der Waals surface area contributed by atoms with Crippen LogP contribution >= 0.6 is 0 Å². The van der Waals surface area contributed by atoms with E-state index in [2.05, 4.69) is 19.9 Å². The monoisotopic (exact) mass is 216 g/mol. The number of nitriles is 1. The van der Waals surface area contributed by atoms with Gasteiger partial charge >= 0.3 is 0 Å². The lowest BCUT2D eigenvalue weighted by molar-refractivity contribution is -0.129. The van der Waals surface area contributed by atoms with Crippen LogP contribution in [0.4, 0.5) is 0 Å². The number of amides is 1. The largest absolute Gasteiger partial charge is 0.341 e. The molecular formula is C13H16N2O. The molecule has 0 bridgehead atoms. The number of rotatable bonds is 3. The van der Waals surface area contributed by atoms with Gasteiger partial charge in [0.05, 0.1) is 6.07 Å². The Morgan fingerprint density at radius 3 is 2.62 bits per heavy atom. The Kier molecular flexibility index (Phi) is 4.07. The highest BCUT2D eigenvalue weighted by Gasteiger charge is 2.08. The van der Waals surface area contributed by atoms with E-state index in [1.165, 1.54) is 11.1 Å². The summed E-state index contributed by atoms with van der Waals surface area (Å²) in [5, 5.41) is 8.43. The summed E-state index contributed by atoms with van der Waals surface area (Å²) in [6.45, 7) is 4.67. The van der Waals surface area contributed by atoms with Crippen LogP contribution in [0.3, 0.4) is 0 Å². The first kappa shape index (κ1) is 12.3. The first-order valence-corrected chi connectivity index (χ1v) is 5.21. The maximum Gasteiger partial charge on any atom is 0.236 e. The number of nitrogens with zero attached hydrogens (tertiary/aromatic N) is 2. The molecule has 1 rings (SSSR count). The molecule has 16 heavy (non-hydrogen) atoms. The Morgan fingerprint density at radius 1 is 1.38 bits per heavy atom. The van der Waals surface area contributed by atoms with Crippen LogP contribution in [0, 0.1) is 25.2 Å². The van der Waals surface area contributed by atoms with Gasteiger partial charge in [-0.3, -0.25) is 4.79 Å². The fourth-order valence-corrected chi connectivity index (χ4v) is 1.47. The molecule has 0 fully saturated rings. The van der Waals surface area contributed by atoms with E-state index in [-0.39, 0.29) is 12.3 Å². The van der Waals surface area contributed by atoms with Gasteiger partial charge < -0.3 is 4.90 Å². The molecule has 0 unspecified atom stereocenters. The summed E-state index contributed by atoms with van der Waals surface area (Å²) in [7, 11) is 1.72. The first-order valence-electron chi connectivity index (χ1n) is 5.21. The average molecular weight is 216 g/mol. The molecule has 0 aliphatic heterocycles. The van der Waals surface area contributed by atoms with Crippen molar-refractivity contribution in [2.24, 2.45) is 0 Å². The van der Waals surface area contributed by atoms with Crippen molar-refractivity contribution >= 4 is 5.91 Å². The standard InChI is InChI=1S/C13H16N2O/c1-10-4-5-12(8-11(10)2)9-15(3)13(16)6-7-14/h4-5,8H,6,9H2,1-3H3. The van der Waals surface area contributed by atoms with E-state index in [9.17, 15) is 4.79 Å². The summed E-state index contributed by atoms with van der Waals surface area (Å²) in [6.07, 6.45) is -0.0542. The predicted molar refractivity (Wildman–Crippen MR) is 62.6 cm³/mol. The zero-order valence-electron chi connectivity index (χ0n) is 9.95. The van der Waals surface area contributed by atoms with E-state index in [1.807, 2.05) is 18.2 Å². The molecule has 3 nitrogen and oxygen atoms in total. The van der Waals surface area contributed by atoms with Crippen LogP contribution in [0.25, 0.3) is 0 Å². The van der Waals surface area contributed by atoms with E-state index < -0.39 is 0 Å². The van der Waals surface area contributed by atoms with Crippen molar-refractivity contribution in [3.63, 3.8) is 0 Å². The van der Waals surface area contributed by atoms with Crippen molar-refractivity contribution in [2.75, 3.05) is 7.05 Å². The lowest BCUT2D eigenvalue weighted by Crippen LogP contribution is -2.25. The zero-order valence-corrected chi connectivity index (χ0v) is 9.95. The van der Waals surface area contributed by atoms with Crippen LogP contribution in [0.1, 0.15) is 23.1 Å². The Hall–Kier alpha value is -1.82. The molecule has 0 N–H and O–H groups in total. The summed E-state index contributed by atoms with van der Waals surface area (Å²) in [4.78, 5) is 13.0. The van der Waals surface area contributed by atoms with E-state index in [1.54, 1.807) is 11.9 Å². The maximum atomic E-state index is 11.4. The van der Waals surface area contributed by atoms with Gasteiger partial charge in [0.2, 0.25) is 5.91 Å². The minimum Gasteiger partial charge on any atom is -0.341 e. The normalized spacial score (nSPS) is 9.62. The Balaban J connectivity index is 2.70. The van der Waals surface area contributed by atoms with Crippen LogP contribution in [0.5, 0.6) is 0 Å². The van der Waals surface area contributed by atoms with Crippen molar-refractivity contribution in [3.05, 3.63) is 34.9 Å². The number of hydrogen-bond donors (Lipinski definition) is 0. The minimum atomic E-state index is -0.138. The third kappa shape index (κ3) is 3.09. The molecule has 3 heteroatoms. The minimum absolute atomic E-state index is 0.0542. The van der Waals surface area contributed by atoms with Crippen LogP contribution in [0.2, 0.25) is 0 Å². The highest BCUT2D eigenvalue weighted by atomic mass is 16.2. The van der Waals surface area contributed by atoms with E-state index >= 15 is 0 Å². The summed E-state index contributed by atoms with van der Waals surface area (Å²) >= 11 is 0. The van der Waals surface area contributed by atoms with Crippen LogP contribution in [0.15, 0.2) is 18.2 Å². The molecular weight excluding hydrogens is 200 g/mol. The molecule has 0 aliphatic carbocycles. The second-order valence-electron chi connectivity index (χ2n) is 4.00. The molecule has 0 radical (unpaired) electrons. The predicted octanol–water partition coefficient (Wildman–Crippen LogP) is 2.18. The lowest BCUT2D eigenvalue weighted by atomic mass is 10.1. The first-order chi connectivity index (χ1) is 7.54. The van der Waals surface area contributed by atoms with Gasteiger partial charge in [-0.05, 0) is 30.5 Å². The Bertz CT molecular complexity index is 432. The van der Waals surface area contributed by atoms with Crippen molar-refractivity contribution < 1.29 is 4.79 Å². The number of aryl methyl sites for hydroxylation is 2. The molecule has 1 amide bonds. The summed E-state index contributed by atoms with van der Waals surface area (Å²) in [6, 6.07) is 8.00. The van der Waals surface area contributed by atoms with Gasteiger partial charge in [-0.15, -0.1) is 0 Å². The topological polar surface area (TPSA) is 44.1 Å². The molecule has 0 atom stereocenters. The van der Waals surface area contributed by atoms with Crippen molar-refractivity contribution in [2.45, 2.75) is 26.8 Å². The van der Waals surface area contributed by atoms with Gasteiger partial charge in [0.25, 0.3) is 0 Å². The van der Waals surface area contributed by atoms with Gasteiger partial charge in [0.15, 0.2) is 0 Å². The molecule has 84 valence electrons. The Labute approximate surface area is 96.3 Å². The fraction of sp³-hybridized carbons (Fsp3) is 0.385. The molecule has 0 saturated carbocycles. The molecule has 0 spiro atoms. The average Bonchev–Trinajstić information content (AvgIpc) is 2.24. The number of carbonyl (C=O) groups is 1. The van der Waals surface area contributed by atoms with Crippen molar-refractivity contribution in [3.8, 4) is 6.07 Å². The fourth-order valence-electron chi connectivity index (χ4n) is 1.47. The Morgan fingerprint density at radius 2 is 2.06 bits per heavy atom. The van der Waals surface area contributed by atoms with E-state index in [0.717, 1.165) is 5.56 Å². The molecule has 0 heterocycles. The second-order valence-corrected chi connectivity index (χ2v) is 4.00. The summed E-state index contributed by atoms with van der Waals surface area (Å²) < 4.78 is 0. The summed E-state index contributed by atoms with van der Waals surface area (Å²) in [5.74, 6) is -0.138. The number of hydrogen-bond acceptors (Lipinski definition) is 2. The molecule has 1 aromatic rings. The van der Waals surface area contributed by atoms with Gasteiger partial charge in [-0.25, -0.2) is 0 Å². The van der Waals surface area contributed by atoms with Crippen LogP contribution in [-0.2, 0) is 11.3 Å². The molecule has 0 saturated heterocycles. The van der Waals surface area contributed by atoms with Crippen molar-refractivity contribution in [1.29, 1.82) is 5.26 Å². The number of benzene rings is 1. The van der Waals surface area contributed by atoms with Gasteiger partial charge in [0.1, 0.15) is 6.42 Å². The SMILES string of the molecule is Cc1ccc(CN(C)C(=O)CC#N)cc1C. The van der Waals surface area contributed by atoms with E-state index in [0.29, 0.717) is 6.54 Å². The third-order valence-electron chi connectivity index (χ3n) is 2.65. The lowest BCUT2D eigenvalue weighted by Gasteiger charge is -2.16. The van der Waals surface area contributed by atoms with Gasteiger partial charge in [-0.2, -0.15) is 5.26 Å². The summed E-state index contributed by atoms with van der Waals surface area (Å²) in [5.41, 5.74) is 3.56. The molecule has 0 aliphatic rings. The smallest absolute Gasteiger partial charge is 0.236 e. The second kappa shape index (κ2) is 5.32. The van der Waals surface area contributed by atoms with Crippen molar-refractivity contribution in [1.82, 2.24) is 4.90 Å². The highest BCUT2D eigenvalue weighted by Crippen LogP contribution is 2.11. The van der Waals surface area contributed by atoms with Crippen LogP contribution < -0.4 is 0 Å².